The van der Waals surface area contributed by atoms with Crippen LogP contribution in [0.5, 0.6) is 0 Å². The van der Waals surface area contributed by atoms with Crippen LogP contribution in [0, 0.1) is 11.8 Å². The number of anilines is 1. The molecule has 2 N–H and O–H groups in total. The standard InChI is InChI=1S/C17H24N2O2/c20-17(21)14-6-3-12(4-7-14)5-9-15-10-8-13-2-1-11-18-16(13)19-15/h8,10,12,14H,1-7,9,11H2,(H,18,19)(H,20,21). The molecule has 0 bridgehead atoms. The molecule has 2 heterocycles. The third-order valence-corrected chi connectivity index (χ3v) is 4.96. The van der Waals surface area contributed by atoms with Crippen molar-refractivity contribution in [3.63, 3.8) is 0 Å². The number of pyridine rings is 1. The molecule has 0 unspecified atom stereocenters. The van der Waals surface area contributed by atoms with E-state index in [1.165, 1.54) is 17.7 Å². The summed E-state index contributed by atoms with van der Waals surface area (Å²) in [7, 11) is 0. The van der Waals surface area contributed by atoms with Crippen LogP contribution in [0.4, 0.5) is 5.82 Å². The van der Waals surface area contributed by atoms with E-state index < -0.39 is 5.97 Å². The van der Waals surface area contributed by atoms with Crippen molar-refractivity contribution in [2.45, 2.75) is 51.4 Å². The van der Waals surface area contributed by atoms with Gasteiger partial charge in [-0.1, -0.05) is 6.07 Å². The van der Waals surface area contributed by atoms with E-state index in [1.807, 2.05) is 0 Å². The first-order valence-corrected chi connectivity index (χ1v) is 8.18. The lowest BCUT2D eigenvalue weighted by Crippen LogP contribution is -2.21. The van der Waals surface area contributed by atoms with Crippen LogP contribution in [0.15, 0.2) is 12.1 Å². The molecule has 0 atom stereocenters. The van der Waals surface area contributed by atoms with E-state index in [0.29, 0.717) is 5.92 Å². The second kappa shape index (κ2) is 6.46. The number of hydrogen-bond acceptors (Lipinski definition) is 3. The first-order valence-electron chi connectivity index (χ1n) is 8.18. The van der Waals surface area contributed by atoms with E-state index in [0.717, 1.165) is 57.3 Å². The Bertz CT molecular complexity index is 508. The number of aryl methyl sites for hydroxylation is 2. The van der Waals surface area contributed by atoms with Gasteiger partial charge in [-0.15, -0.1) is 0 Å². The normalized spacial score (nSPS) is 25.0. The summed E-state index contributed by atoms with van der Waals surface area (Å²) in [5.41, 5.74) is 2.51. The van der Waals surface area contributed by atoms with E-state index >= 15 is 0 Å². The second-order valence-corrected chi connectivity index (χ2v) is 6.44. The highest BCUT2D eigenvalue weighted by Crippen LogP contribution is 2.32. The molecule has 1 fully saturated rings. The molecule has 0 amide bonds. The molecule has 0 spiro atoms. The first-order chi connectivity index (χ1) is 10.2. The van der Waals surface area contributed by atoms with E-state index in [2.05, 4.69) is 17.4 Å². The van der Waals surface area contributed by atoms with Crippen molar-refractivity contribution in [3.8, 4) is 0 Å². The van der Waals surface area contributed by atoms with Crippen LogP contribution >= 0.6 is 0 Å². The highest BCUT2D eigenvalue weighted by atomic mass is 16.4. The Morgan fingerprint density at radius 2 is 2.10 bits per heavy atom. The van der Waals surface area contributed by atoms with Gasteiger partial charge < -0.3 is 10.4 Å². The van der Waals surface area contributed by atoms with Crippen molar-refractivity contribution >= 4 is 11.8 Å². The van der Waals surface area contributed by atoms with Gasteiger partial charge in [0.05, 0.1) is 5.92 Å². The maximum atomic E-state index is 11.0. The Labute approximate surface area is 126 Å². The van der Waals surface area contributed by atoms with Crippen LogP contribution < -0.4 is 5.32 Å². The first kappa shape index (κ1) is 14.4. The lowest BCUT2D eigenvalue weighted by Gasteiger charge is -2.26. The molecule has 1 saturated carbocycles. The van der Waals surface area contributed by atoms with Crippen molar-refractivity contribution in [1.82, 2.24) is 4.98 Å². The fourth-order valence-electron chi connectivity index (χ4n) is 3.56. The molecule has 114 valence electrons. The van der Waals surface area contributed by atoms with Crippen molar-refractivity contribution in [3.05, 3.63) is 23.4 Å². The predicted octanol–water partition coefficient (Wildman–Crippen LogP) is 3.26. The molecule has 21 heavy (non-hydrogen) atoms. The molecular weight excluding hydrogens is 264 g/mol. The van der Waals surface area contributed by atoms with Gasteiger partial charge in [-0.3, -0.25) is 4.79 Å². The SMILES string of the molecule is O=C(O)C1CCC(CCc2ccc3c(n2)NCCC3)CC1. The highest BCUT2D eigenvalue weighted by Gasteiger charge is 2.25. The van der Waals surface area contributed by atoms with Gasteiger partial charge in [0.2, 0.25) is 0 Å². The molecule has 4 heteroatoms. The number of rotatable bonds is 4. The fourth-order valence-corrected chi connectivity index (χ4v) is 3.56. The lowest BCUT2D eigenvalue weighted by atomic mass is 9.80. The van der Waals surface area contributed by atoms with Crippen LogP contribution in [0.1, 0.15) is 49.8 Å². The largest absolute Gasteiger partial charge is 0.481 e. The molecule has 4 nitrogen and oxygen atoms in total. The molecule has 0 saturated heterocycles. The minimum atomic E-state index is -0.615. The molecule has 1 aliphatic carbocycles. The Morgan fingerprint density at radius 1 is 1.29 bits per heavy atom. The van der Waals surface area contributed by atoms with Crippen LogP contribution in [0.25, 0.3) is 0 Å². The van der Waals surface area contributed by atoms with Gasteiger partial charge in [-0.25, -0.2) is 4.98 Å². The average Bonchev–Trinajstić information content (AvgIpc) is 2.53. The van der Waals surface area contributed by atoms with Crippen LogP contribution in [-0.2, 0) is 17.6 Å². The van der Waals surface area contributed by atoms with Crippen molar-refractivity contribution in [2.75, 3.05) is 11.9 Å². The molecule has 0 aromatic carbocycles. The Hall–Kier alpha value is -1.58. The highest BCUT2D eigenvalue weighted by molar-refractivity contribution is 5.69. The monoisotopic (exact) mass is 288 g/mol. The average molecular weight is 288 g/mol. The molecule has 1 aliphatic heterocycles. The van der Waals surface area contributed by atoms with E-state index in [-0.39, 0.29) is 5.92 Å². The summed E-state index contributed by atoms with van der Waals surface area (Å²) < 4.78 is 0. The molecule has 0 radical (unpaired) electrons. The van der Waals surface area contributed by atoms with Gasteiger partial charge >= 0.3 is 5.97 Å². The van der Waals surface area contributed by atoms with Gasteiger partial charge in [-0.05, 0) is 68.9 Å². The molecule has 1 aromatic rings. The minimum Gasteiger partial charge on any atom is -0.481 e. The fraction of sp³-hybridized carbons (Fsp3) is 0.647. The Kier molecular flexibility index (Phi) is 4.42. The number of aromatic nitrogens is 1. The molecule has 1 aromatic heterocycles. The van der Waals surface area contributed by atoms with Gasteiger partial charge in [-0.2, -0.15) is 0 Å². The van der Waals surface area contributed by atoms with Gasteiger partial charge in [0.25, 0.3) is 0 Å². The van der Waals surface area contributed by atoms with Crippen LogP contribution in [0.3, 0.4) is 0 Å². The van der Waals surface area contributed by atoms with Gasteiger partial charge in [0.15, 0.2) is 0 Å². The summed E-state index contributed by atoms with van der Waals surface area (Å²) >= 11 is 0. The number of nitrogens with zero attached hydrogens (tertiary/aromatic N) is 1. The maximum Gasteiger partial charge on any atom is 0.306 e. The topological polar surface area (TPSA) is 62.2 Å². The summed E-state index contributed by atoms with van der Waals surface area (Å²) in [6, 6.07) is 4.37. The van der Waals surface area contributed by atoms with Gasteiger partial charge in [0, 0.05) is 12.2 Å². The zero-order valence-electron chi connectivity index (χ0n) is 12.5. The van der Waals surface area contributed by atoms with E-state index in [1.54, 1.807) is 0 Å². The number of nitrogens with one attached hydrogen (secondary N) is 1. The van der Waals surface area contributed by atoms with Crippen LogP contribution in [0.2, 0.25) is 0 Å². The van der Waals surface area contributed by atoms with E-state index in [4.69, 9.17) is 10.1 Å². The smallest absolute Gasteiger partial charge is 0.306 e. The van der Waals surface area contributed by atoms with Gasteiger partial charge in [0.1, 0.15) is 5.82 Å². The quantitative estimate of drug-likeness (QED) is 0.892. The summed E-state index contributed by atoms with van der Waals surface area (Å²) in [6.07, 6.45) is 8.28. The minimum absolute atomic E-state index is 0.104. The number of aliphatic carboxylic acids is 1. The zero-order chi connectivity index (χ0) is 14.7. The lowest BCUT2D eigenvalue weighted by molar-refractivity contribution is -0.143. The summed E-state index contributed by atoms with van der Waals surface area (Å²) in [6.45, 7) is 1.03. The maximum absolute atomic E-state index is 11.0. The number of fused-ring (bicyclic) bond motifs is 1. The summed E-state index contributed by atoms with van der Waals surface area (Å²) in [4.78, 5) is 15.7. The Balaban J connectivity index is 1.50. The van der Waals surface area contributed by atoms with Crippen molar-refractivity contribution in [1.29, 1.82) is 0 Å². The zero-order valence-corrected chi connectivity index (χ0v) is 12.5. The van der Waals surface area contributed by atoms with Crippen LogP contribution in [-0.4, -0.2) is 22.6 Å². The molecule has 3 rings (SSSR count). The number of carbonyl (C=O) groups is 1. The predicted molar refractivity (Wildman–Crippen MR) is 82.5 cm³/mol. The molecular formula is C17H24N2O2. The third-order valence-electron chi connectivity index (χ3n) is 4.96. The molecule has 2 aliphatic rings. The Morgan fingerprint density at radius 3 is 2.86 bits per heavy atom. The summed E-state index contributed by atoms with van der Waals surface area (Å²) in [5, 5.41) is 12.4. The number of hydrogen-bond donors (Lipinski definition) is 2. The number of carboxylic acids is 1. The van der Waals surface area contributed by atoms with Crippen molar-refractivity contribution < 1.29 is 9.90 Å². The third kappa shape index (κ3) is 3.55. The summed E-state index contributed by atoms with van der Waals surface area (Å²) in [5.74, 6) is 1.03. The second-order valence-electron chi connectivity index (χ2n) is 6.44. The number of carboxylic acid groups (broad SMARTS) is 1. The van der Waals surface area contributed by atoms with Crippen molar-refractivity contribution in [2.24, 2.45) is 11.8 Å². The van der Waals surface area contributed by atoms with E-state index in [9.17, 15) is 4.79 Å².